The summed E-state index contributed by atoms with van der Waals surface area (Å²) in [6, 6.07) is 11.4. The molecule has 2 amide bonds. The van der Waals surface area contributed by atoms with E-state index in [1.807, 2.05) is 28.4 Å². The van der Waals surface area contributed by atoms with Crippen LogP contribution in [-0.2, 0) is 6.18 Å². The second kappa shape index (κ2) is 10.4. The van der Waals surface area contributed by atoms with Crippen molar-refractivity contribution in [1.29, 1.82) is 0 Å². The van der Waals surface area contributed by atoms with Gasteiger partial charge in [0.05, 0.1) is 16.9 Å². The molecule has 5 rings (SSSR count). The Morgan fingerprint density at radius 1 is 1.03 bits per heavy atom. The SMILES string of the molecule is CCN(c1ccncc1)c1nc(-c2cccc(NC(=O)Nc3cc(C(F)(F)F)ccc3F)c2)cn2ccnc12. The van der Waals surface area contributed by atoms with E-state index in [4.69, 9.17) is 4.98 Å². The summed E-state index contributed by atoms with van der Waals surface area (Å²) in [6.07, 6.45) is 3.96. The van der Waals surface area contributed by atoms with Crippen molar-refractivity contribution in [3.05, 3.63) is 97.0 Å². The zero-order chi connectivity index (χ0) is 27.6. The molecule has 5 aromatic rings. The van der Waals surface area contributed by atoms with Gasteiger partial charge >= 0.3 is 12.2 Å². The van der Waals surface area contributed by atoms with Gasteiger partial charge in [-0.3, -0.25) is 4.98 Å². The molecule has 0 aliphatic rings. The van der Waals surface area contributed by atoms with Crippen molar-refractivity contribution in [2.75, 3.05) is 22.1 Å². The van der Waals surface area contributed by atoms with Gasteiger partial charge in [0.2, 0.25) is 0 Å². The minimum Gasteiger partial charge on any atom is -0.323 e. The molecule has 3 heterocycles. The number of imidazole rings is 1. The lowest BCUT2D eigenvalue weighted by atomic mass is 10.1. The van der Waals surface area contributed by atoms with E-state index in [1.54, 1.807) is 55.2 Å². The molecule has 12 heteroatoms. The highest BCUT2D eigenvalue weighted by molar-refractivity contribution is 6.00. The number of hydrogen-bond donors (Lipinski definition) is 2. The largest absolute Gasteiger partial charge is 0.416 e. The number of rotatable bonds is 6. The van der Waals surface area contributed by atoms with Gasteiger partial charge in [0, 0.05) is 54.5 Å². The van der Waals surface area contributed by atoms with E-state index in [2.05, 4.69) is 20.6 Å². The second-order valence-corrected chi connectivity index (χ2v) is 8.41. The molecule has 8 nitrogen and oxygen atoms in total. The van der Waals surface area contributed by atoms with E-state index < -0.39 is 29.3 Å². The summed E-state index contributed by atoms with van der Waals surface area (Å²) in [5.74, 6) is -0.380. The fourth-order valence-corrected chi connectivity index (χ4v) is 4.05. The maximum Gasteiger partial charge on any atom is 0.416 e. The number of halogens is 4. The molecule has 0 spiro atoms. The van der Waals surface area contributed by atoms with Crippen LogP contribution in [0.3, 0.4) is 0 Å². The van der Waals surface area contributed by atoms with Crippen molar-refractivity contribution in [2.45, 2.75) is 13.1 Å². The Kier molecular flexibility index (Phi) is 6.84. The summed E-state index contributed by atoms with van der Waals surface area (Å²) in [5, 5.41) is 4.67. The molecule has 0 fully saturated rings. The van der Waals surface area contributed by atoms with Crippen LogP contribution in [0.5, 0.6) is 0 Å². The molecule has 0 saturated heterocycles. The lowest BCUT2D eigenvalue weighted by molar-refractivity contribution is -0.137. The van der Waals surface area contributed by atoms with Crippen LogP contribution in [0.1, 0.15) is 12.5 Å². The summed E-state index contributed by atoms with van der Waals surface area (Å²) in [5.41, 5.74) is 1.42. The third-order valence-electron chi connectivity index (χ3n) is 5.86. The smallest absolute Gasteiger partial charge is 0.323 e. The standard InChI is InChI=1S/C27H21F4N7O/c1-2-38(20-8-10-32-11-9-20)25-24-33-12-13-37(24)16-23(35-25)17-4-3-5-19(14-17)34-26(39)36-22-15-18(27(29,30)31)6-7-21(22)28/h3-16H,2H2,1H3,(H2,34,36,39). The number of amides is 2. The number of pyridine rings is 1. The van der Waals surface area contributed by atoms with Crippen molar-refractivity contribution in [1.82, 2.24) is 19.4 Å². The Balaban J connectivity index is 1.43. The summed E-state index contributed by atoms with van der Waals surface area (Å²) in [7, 11) is 0. The van der Waals surface area contributed by atoms with Gasteiger partial charge in [0.25, 0.3) is 0 Å². The zero-order valence-corrected chi connectivity index (χ0v) is 20.4. The fraction of sp³-hybridized carbons (Fsp3) is 0.111. The number of carbonyl (C=O) groups excluding carboxylic acids is 1. The highest BCUT2D eigenvalue weighted by Crippen LogP contribution is 2.32. The Morgan fingerprint density at radius 3 is 2.56 bits per heavy atom. The Bertz CT molecular complexity index is 1640. The third kappa shape index (κ3) is 5.49. The topological polar surface area (TPSA) is 87.5 Å². The van der Waals surface area contributed by atoms with E-state index in [0.717, 1.165) is 5.69 Å². The van der Waals surface area contributed by atoms with Gasteiger partial charge in [-0.2, -0.15) is 13.2 Å². The van der Waals surface area contributed by atoms with Crippen LogP contribution >= 0.6 is 0 Å². The number of benzene rings is 2. The molecule has 0 bridgehead atoms. The summed E-state index contributed by atoms with van der Waals surface area (Å²) in [6.45, 7) is 2.60. The van der Waals surface area contributed by atoms with Crippen LogP contribution < -0.4 is 15.5 Å². The highest BCUT2D eigenvalue weighted by Gasteiger charge is 2.31. The lowest BCUT2D eigenvalue weighted by Gasteiger charge is -2.23. The second-order valence-electron chi connectivity index (χ2n) is 8.41. The van der Waals surface area contributed by atoms with Crippen LogP contribution in [0.25, 0.3) is 16.9 Å². The number of nitrogens with zero attached hydrogens (tertiary/aromatic N) is 5. The molecule has 3 aromatic heterocycles. The zero-order valence-electron chi connectivity index (χ0n) is 20.4. The van der Waals surface area contributed by atoms with Crippen molar-refractivity contribution in [3.63, 3.8) is 0 Å². The van der Waals surface area contributed by atoms with E-state index >= 15 is 0 Å². The highest BCUT2D eigenvalue weighted by atomic mass is 19.4. The lowest BCUT2D eigenvalue weighted by Crippen LogP contribution is -2.20. The first-order chi connectivity index (χ1) is 18.7. The van der Waals surface area contributed by atoms with Crippen molar-refractivity contribution in [2.24, 2.45) is 0 Å². The first-order valence-electron chi connectivity index (χ1n) is 11.8. The molecule has 0 saturated carbocycles. The van der Waals surface area contributed by atoms with Gasteiger partial charge in [0.1, 0.15) is 5.82 Å². The van der Waals surface area contributed by atoms with Crippen LogP contribution in [0.4, 0.5) is 45.2 Å². The number of aromatic nitrogens is 4. The minimum absolute atomic E-state index is 0.327. The number of alkyl halides is 3. The normalized spacial score (nSPS) is 11.4. The Labute approximate surface area is 220 Å². The van der Waals surface area contributed by atoms with Crippen molar-refractivity contribution in [3.8, 4) is 11.3 Å². The van der Waals surface area contributed by atoms with E-state index in [9.17, 15) is 22.4 Å². The number of hydrogen-bond acceptors (Lipinski definition) is 5. The first kappa shape index (κ1) is 25.6. The summed E-state index contributed by atoms with van der Waals surface area (Å²) < 4.78 is 54.9. The summed E-state index contributed by atoms with van der Waals surface area (Å²) in [4.78, 5) is 27.9. The number of urea groups is 1. The minimum atomic E-state index is -4.68. The van der Waals surface area contributed by atoms with Gasteiger partial charge in [-0.25, -0.2) is 19.2 Å². The Morgan fingerprint density at radius 2 is 1.82 bits per heavy atom. The van der Waals surface area contributed by atoms with Gasteiger partial charge in [0.15, 0.2) is 11.5 Å². The number of nitrogens with one attached hydrogen (secondary N) is 2. The molecule has 0 aliphatic heterocycles. The quantitative estimate of drug-likeness (QED) is 0.235. The maximum absolute atomic E-state index is 14.1. The van der Waals surface area contributed by atoms with Crippen molar-refractivity contribution >= 4 is 34.6 Å². The molecule has 0 radical (unpaired) electrons. The van der Waals surface area contributed by atoms with E-state index in [-0.39, 0.29) is 0 Å². The van der Waals surface area contributed by atoms with Gasteiger partial charge in [-0.05, 0) is 49.4 Å². The molecule has 0 atom stereocenters. The molecule has 0 unspecified atom stereocenters. The van der Waals surface area contributed by atoms with Crippen LogP contribution in [0.2, 0.25) is 0 Å². The predicted molar refractivity (Wildman–Crippen MR) is 139 cm³/mol. The average Bonchev–Trinajstić information content (AvgIpc) is 3.39. The fourth-order valence-electron chi connectivity index (χ4n) is 4.05. The summed E-state index contributed by atoms with van der Waals surface area (Å²) >= 11 is 0. The van der Waals surface area contributed by atoms with Crippen molar-refractivity contribution < 1.29 is 22.4 Å². The van der Waals surface area contributed by atoms with Gasteiger partial charge < -0.3 is 19.9 Å². The number of fused-ring (bicyclic) bond motifs is 1. The monoisotopic (exact) mass is 535 g/mol. The van der Waals surface area contributed by atoms with Crippen LogP contribution in [-0.4, -0.2) is 31.9 Å². The molecule has 198 valence electrons. The number of carbonyl (C=O) groups is 1. The molecular weight excluding hydrogens is 514 g/mol. The van der Waals surface area contributed by atoms with Crippen LogP contribution in [0, 0.1) is 5.82 Å². The predicted octanol–water partition coefficient (Wildman–Crippen LogP) is 6.75. The number of anilines is 4. The molecule has 2 aromatic carbocycles. The average molecular weight is 536 g/mol. The van der Waals surface area contributed by atoms with Crippen LogP contribution in [0.15, 0.2) is 85.6 Å². The molecule has 2 N–H and O–H groups in total. The van der Waals surface area contributed by atoms with E-state index in [1.165, 1.54) is 0 Å². The first-order valence-corrected chi connectivity index (χ1v) is 11.8. The third-order valence-corrected chi connectivity index (χ3v) is 5.86. The van der Waals surface area contributed by atoms with Gasteiger partial charge in [-0.1, -0.05) is 12.1 Å². The maximum atomic E-state index is 14.1. The molecule has 39 heavy (non-hydrogen) atoms. The van der Waals surface area contributed by atoms with E-state index in [0.29, 0.717) is 53.2 Å². The molecular formula is C27H21F4N7O. The molecule has 0 aliphatic carbocycles. The van der Waals surface area contributed by atoms with Gasteiger partial charge in [-0.15, -0.1) is 0 Å². The Hall–Kier alpha value is -5.00.